The molecule has 3 rings (SSSR count). The second kappa shape index (κ2) is 7.79. The Morgan fingerprint density at radius 3 is 2.70 bits per heavy atom. The van der Waals surface area contributed by atoms with Crippen molar-refractivity contribution < 1.29 is 14.3 Å². The van der Waals surface area contributed by atoms with E-state index in [9.17, 15) is 4.79 Å². The number of rotatable bonds is 5. The predicted octanol–water partition coefficient (Wildman–Crippen LogP) is 2.02. The normalized spacial score (nSPS) is 21.4. The molecule has 5 heteroatoms. The summed E-state index contributed by atoms with van der Waals surface area (Å²) in [5, 5.41) is 0. The van der Waals surface area contributed by atoms with Crippen LogP contribution in [0.5, 0.6) is 0 Å². The van der Waals surface area contributed by atoms with E-state index in [1.807, 2.05) is 36.1 Å². The largest absolute Gasteiger partial charge is 0.381 e. The first-order valence-corrected chi connectivity index (χ1v) is 8.58. The molecule has 2 fully saturated rings. The van der Waals surface area contributed by atoms with E-state index in [0.29, 0.717) is 5.92 Å². The first-order valence-electron chi connectivity index (χ1n) is 8.58. The Balaban J connectivity index is 1.77. The highest BCUT2D eigenvalue weighted by Crippen LogP contribution is 2.24. The van der Waals surface area contributed by atoms with Gasteiger partial charge < -0.3 is 19.3 Å². The molecule has 2 aliphatic heterocycles. The fourth-order valence-electron chi connectivity index (χ4n) is 3.30. The first-order chi connectivity index (χ1) is 11.3. The van der Waals surface area contributed by atoms with Crippen LogP contribution in [0, 0.1) is 5.92 Å². The molecule has 23 heavy (non-hydrogen) atoms. The average molecular weight is 318 g/mol. The maximum Gasteiger partial charge on any atom is 0.255 e. The van der Waals surface area contributed by atoms with Crippen LogP contribution < -0.4 is 4.90 Å². The molecule has 0 radical (unpaired) electrons. The second-order valence-corrected chi connectivity index (χ2v) is 6.19. The number of ether oxygens (including phenoxy) is 2. The third-order valence-corrected chi connectivity index (χ3v) is 4.66. The summed E-state index contributed by atoms with van der Waals surface area (Å²) in [4.78, 5) is 17.3. The highest BCUT2D eigenvalue weighted by Gasteiger charge is 2.25. The highest BCUT2D eigenvalue weighted by molar-refractivity contribution is 5.99. The van der Waals surface area contributed by atoms with Crippen LogP contribution in [0.4, 0.5) is 5.69 Å². The molecule has 126 valence electrons. The van der Waals surface area contributed by atoms with Crippen LogP contribution in [-0.2, 0) is 9.47 Å². The average Bonchev–Trinajstić information content (AvgIpc) is 3.13. The summed E-state index contributed by atoms with van der Waals surface area (Å²) >= 11 is 0. The Bertz CT molecular complexity index is 523. The number of hydrogen-bond donors (Lipinski definition) is 0. The maximum absolute atomic E-state index is 13.1. The zero-order valence-corrected chi connectivity index (χ0v) is 13.9. The summed E-state index contributed by atoms with van der Waals surface area (Å²) in [5.41, 5.74) is 1.83. The van der Waals surface area contributed by atoms with Crippen LogP contribution in [0.2, 0.25) is 0 Å². The van der Waals surface area contributed by atoms with E-state index in [1.54, 1.807) is 0 Å². The molecule has 0 bridgehead atoms. The molecule has 1 amide bonds. The molecular weight excluding hydrogens is 292 g/mol. The number of anilines is 1. The molecular formula is C18H26N2O3. The molecule has 0 aliphatic carbocycles. The predicted molar refractivity (Wildman–Crippen MR) is 90.0 cm³/mol. The Hall–Kier alpha value is -1.59. The van der Waals surface area contributed by atoms with Crippen LogP contribution in [0.25, 0.3) is 0 Å². The molecule has 1 atom stereocenters. The smallest absolute Gasteiger partial charge is 0.255 e. The van der Waals surface area contributed by atoms with Gasteiger partial charge in [0, 0.05) is 44.4 Å². The van der Waals surface area contributed by atoms with Crippen molar-refractivity contribution in [1.82, 2.24) is 4.90 Å². The summed E-state index contributed by atoms with van der Waals surface area (Å²) in [6.45, 7) is 8.28. The third-order valence-electron chi connectivity index (χ3n) is 4.66. The van der Waals surface area contributed by atoms with Gasteiger partial charge in [0.25, 0.3) is 5.91 Å². The quantitative estimate of drug-likeness (QED) is 0.833. The third kappa shape index (κ3) is 3.85. The number of hydrogen-bond acceptors (Lipinski definition) is 4. The lowest BCUT2D eigenvalue weighted by Crippen LogP contribution is -2.39. The van der Waals surface area contributed by atoms with E-state index >= 15 is 0 Å². The van der Waals surface area contributed by atoms with Crippen molar-refractivity contribution in [2.45, 2.75) is 13.3 Å². The van der Waals surface area contributed by atoms with Crippen LogP contribution in [0.3, 0.4) is 0 Å². The van der Waals surface area contributed by atoms with Crippen molar-refractivity contribution in [3.05, 3.63) is 29.8 Å². The van der Waals surface area contributed by atoms with Crippen molar-refractivity contribution >= 4 is 11.6 Å². The zero-order chi connectivity index (χ0) is 16.1. The van der Waals surface area contributed by atoms with E-state index in [1.165, 1.54) is 0 Å². The van der Waals surface area contributed by atoms with E-state index in [-0.39, 0.29) is 5.91 Å². The van der Waals surface area contributed by atoms with Gasteiger partial charge in [0.1, 0.15) is 0 Å². The fourth-order valence-corrected chi connectivity index (χ4v) is 3.30. The minimum Gasteiger partial charge on any atom is -0.381 e. The van der Waals surface area contributed by atoms with Crippen molar-refractivity contribution in [1.29, 1.82) is 0 Å². The SMILES string of the molecule is CCN(C[C@H]1CCOC1)C(=O)c1ccccc1N1CCOCC1. The summed E-state index contributed by atoms with van der Waals surface area (Å²) < 4.78 is 10.9. The molecule has 0 unspecified atom stereocenters. The monoisotopic (exact) mass is 318 g/mol. The van der Waals surface area contributed by atoms with E-state index in [4.69, 9.17) is 9.47 Å². The van der Waals surface area contributed by atoms with Gasteiger partial charge >= 0.3 is 0 Å². The molecule has 2 saturated heterocycles. The van der Waals surface area contributed by atoms with E-state index < -0.39 is 0 Å². The van der Waals surface area contributed by atoms with Crippen molar-refractivity contribution in [3.63, 3.8) is 0 Å². The molecule has 0 spiro atoms. The Labute approximate surface area is 138 Å². The van der Waals surface area contributed by atoms with Gasteiger partial charge in [-0.25, -0.2) is 0 Å². The number of carbonyl (C=O) groups is 1. The molecule has 0 aromatic heterocycles. The molecule has 1 aromatic carbocycles. The fraction of sp³-hybridized carbons (Fsp3) is 0.611. The minimum absolute atomic E-state index is 0.126. The second-order valence-electron chi connectivity index (χ2n) is 6.19. The molecule has 0 N–H and O–H groups in total. The van der Waals surface area contributed by atoms with Gasteiger partial charge in [-0.3, -0.25) is 4.79 Å². The van der Waals surface area contributed by atoms with Crippen LogP contribution >= 0.6 is 0 Å². The Morgan fingerprint density at radius 2 is 2.00 bits per heavy atom. The van der Waals surface area contributed by atoms with Gasteiger partial charge in [-0.15, -0.1) is 0 Å². The van der Waals surface area contributed by atoms with Gasteiger partial charge in [-0.05, 0) is 25.5 Å². The van der Waals surface area contributed by atoms with Gasteiger partial charge in [-0.1, -0.05) is 12.1 Å². The molecule has 5 nitrogen and oxygen atoms in total. The van der Waals surface area contributed by atoms with Gasteiger partial charge in [-0.2, -0.15) is 0 Å². The number of carbonyl (C=O) groups excluding carboxylic acids is 1. The lowest BCUT2D eigenvalue weighted by Gasteiger charge is -2.32. The number of amides is 1. The summed E-state index contributed by atoms with van der Waals surface area (Å²) in [5.74, 6) is 0.593. The molecule has 1 aromatic rings. The number of para-hydroxylation sites is 1. The maximum atomic E-state index is 13.1. The van der Waals surface area contributed by atoms with Crippen LogP contribution in [0.1, 0.15) is 23.7 Å². The lowest BCUT2D eigenvalue weighted by atomic mass is 10.1. The van der Waals surface area contributed by atoms with E-state index in [2.05, 4.69) is 4.90 Å². The first kappa shape index (κ1) is 16.3. The van der Waals surface area contributed by atoms with E-state index in [0.717, 1.165) is 70.3 Å². The Morgan fingerprint density at radius 1 is 1.22 bits per heavy atom. The molecule has 2 aliphatic rings. The standard InChI is InChI=1S/C18H26N2O3/c1-2-19(13-15-7-10-23-14-15)18(21)16-5-3-4-6-17(16)20-8-11-22-12-9-20/h3-6,15H,2,7-14H2,1H3/t15-/m1/s1. The topological polar surface area (TPSA) is 42.0 Å². The van der Waals surface area contributed by atoms with Crippen LogP contribution in [-0.4, -0.2) is 63.4 Å². The van der Waals surface area contributed by atoms with Crippen LogP contribution in [0.15, 0.2) is 24.3 Å². The molecule has 2 heterocycles. The van der Waals surface area contributed by atoms with Crippen molar-refractivity contribution in [2.24, 2.45) is 5.92 Å². The summed E-state index contributed by atoms with van der Waals surface area (Å²) in [6, 6.07) is 7.94. The van der Waals surface area contributed by atoms with Gasteiger partial charge in [0.15, 0.2) is 0 Å². The molecule has 0 saturated carbocycles. The number of morpholine rings is 1. The van der Waals surface area contributed by atoms with Crippen molar-refractivity contribution in [2.75, 3.05) is 57.5 Å². The highest BCUT2D eigenvalue weighted by atomic mass is 16.5. The number of benzene rings is 1. The number of nitrogens with zero attached hydrogens (tertiary/aromatic N) is 2. The Kier molecular flexibility index (Phi) is 5.51. The van der Waals surface area contributed by atoms with Gasteiger partial charge in [0.05, 0.1) is 25.4 Å². The minimum atomic E-state index is 0.126. The summed E-state index contributed by atoms with van der Waals surface area (Å²) in [6.07, 6.45) is 1.05. The zero-order valence-electron chi connectivity index (χ0n) is 13.9. The van der Waals surface area contributed by atoms with Gasteiger partial charge in [0.2, 0.25) is 0 Å². The summed E-state index contributed by atoms with van der Waals surface area (Å²) in [7, 11) is 0. The van der Waals surface area contributed by atoms with Crippen molar-refractivity contribution in [3.8, 4) is 0 Å². The lowest BCUT2D eigenvalue weighted by molar-refractivity contribution is 0.0730.